The molecule has 1 N–H and O–H groups in total. The lowest BCUT2D eigenvalue weighted by atomic mass is 10.0. The summed E-state index contributed by atoms with van der Waals surface area (Å²) in [7, 11) is 4.05. The summed E-state index contributed by atoms with van der Waals surface area (Å²) in [5.74, 6) is 0. The van der Waals surface area contributed by atoms with E-state index < -0.39 is 0 Å². The largest absolute Gasteiger partial charge is 0.312 e. The number of aromatic nitrogens is 2. The van der Waals surface area contributed by atoms with E-state index >= 15 is 0 Å². The molecule has 0 radical (unpaired) electrons. The van der Waals surface area contributed by atoms with Crippen molar-refractivity contribution in [3.8, 4) is 0 Å². The van der Waals surface area contributed by atoms with Crippen molar-refractivity contribution in [3.63, 3.8) is 0 Å². The van der Waals surface area contributed by atoms with Crippen molar-refractivity contribution in [2.45, 2.75) is 38.6 Å². The maximum absolute atomic E-state index is 4.69. The third kappa shape index (κ3) is 2.56. The van der Waals surface area contributed by atoms with Gasteiger partial charge in [0.05, 0.1) is 17.3 Å². The molecule has 0 saturated carbocycles. The third-order valence-electron chi connectivity index (χ3n) is 3.56. The zero-order valence-electron chi connectivity index (χ0n) is 11.6. The molecular formula is C15H23N3. The van der Waals surface area contributed by atoms with E-state index in [-0.39, 0.29) is 0 Å². The van der Waals surface area contributed by atoms with Crippen LogP contribution in [-0.2, 0) is 7.05 Å². The summed E-state index contributed by atoms with van der Waals surface area (Å²) in [4.78, 5) is 0. The summed E-state index contributed by atoms with van der Waals surface area (Å²) in [5, 5.41) is 9.37. The Labute approximate surface area is 109 Å². The lowest BCUT2D eigenvalue weighted by molar-refractivity contribution is 0.498. The molecule has 2 aromatic rings. The number of fused-ring (bicyclic) bond motifs is 1. The Morgan fingerprint density at radius 2 is 2.06 bits per heavy atom. The number of hydrogen-bond acceptors (Lipinski definition) is 2. The van der Waals surface area contributed by atoms with E-state index in [0.29, 0.717) is 6.04 Å². The van der Waals surface area contributed by atoms with Gasteiger partial charge in [0, 0.05) is 12.4 Å². The molecule has 0 bridgehead atoms. The molecule has 1 aromatic carbocycles. The number of nitrogens with zero attached hydrogens (tertiary/aromatic N) is 2. The van der Waals surface area contributed by atoms with Crippen molar-refractivity contribution in [2.24, 2.45) is 7.05 Å². The van der Waals surface area contributed by atoms with Crippen molar-refractivity contribution < 1.29 is 0 Å². The van der Waals surface area contributed by atoms with Crippen LogP contribution in [0.25, 0.3) is 10.9 Å². The molecule has 98 valence electrons. The normalized spacial score (nSPS) is 13.1. The van der Waals surface area contributed by atoms with Crippen molar-refractivity contribution in [3.05, 3.63) is 30.0 Å². The molecule has 1 aromatic heterocycles. The summed E-state index contributed by atoms with van der Waals surface area (Å²) >= 11 is 0. The van der Waals surface area contributed by atoms with Gasteiger partial charge in [0.15, 0.2) is 0 Å². The molecule has 0 fully saturated rings. The zero-order chi connectivity index (χ0) is 13.0. The maximum atomic E-state index is 4.69. The number of unbranched alkanes of at least 4 members (excludes halogenated alkanes) is 2. The average Bonchev–Trinajstić information content (AvgIpc) is 2.73. The molecule has 0 saturated heterocycles. The van der Waals surface area contributed by atoms with Crippen molar-refractivity contribution in [2.75, 3.05) is 7.05 Å². The highest BCUT2D eigenvalue weighted by Gasteiger charge is 2.16. The average molecular weight is 245 g/mol. The monoisotopic (exact) mass is 245 g/mol. The lowest BCUT2D eigenvalue weighted by Crippen LogP contribution is -2.17. The first-order chi connectivity index (χ1) is 8.77. The van der Waals surface area contributed by atoms with Crippen LogP contribution in [0, 0.1) is 0 Å². The summed E-state index contributed by atoms with van der Waals surface area (Å²) in [5.41, 5.74) is 2.40. The first-order valence-electron chi connectivity index (χ1n) is 6.86. The molecule has 2 rings (SSSR count). The van der Waals surface area contributed by atoms with E-state index in [1.54, 1.807) is 0 Å². The molecule has 0 aliphatic carbocycles. The standard InChI is InChI=1S/C15H23N3/c1-4-5-6-10-13(16-2)15-12-9-7-8-11-14(12)18(3)17-15/h7-9,11,13,16H,4-6,10H2,1-3H3. The Kier molecular flexibility index (Phi) is 4.37. The molecule has 18 heavy (non-hydrogen) atoms. The Bertz CT molecular complexity index is 501. The van der Waals surface area contributed by atoms with Gasteiger partial charge in [0.1, 0.15) is 0 Å². The van der Waals surface area contributed by atoms with E-state index in [2.05, 4.69) is 36.5 Å². The van der Waals surface area contributed by atoms with Crippen molar-refractivity contribution in [1.82, 2.24) is 15.1 Å². The Hall–Kier alpha value is -1.35. The van der Waals surface area contributed by atoms with Crippen molar-refractivity contribution in [1.29, 1.82) is 0 Å². The van der Waals surface area contributed by atoms with Gasteiger partial charge in [0.2, 0.25) is 0 Å². The minimum atomic E-state index is 0.364. The van der Waals surface area contributed by atoms with Crippen LogP contribution in [0.3, 0.4) is 0 Å². The Morgan fingerprint density at radius 1 is 1.28 bits per heavy atom. The highest BCUT2D eigenvalue weighted by molar-refractivity contribution is 5.82. The molecular weight excluding hydrogens is 222 g/mol. The van der Waals surface area contributed by atoms with Gasteiger partial charge in [-0.2, -0.15) is 5.10 Å². The van der Waals surface area contributed by atoms with Gasteiger partial charge in [-0.1, -0.05) is 44.4 Å². The van der Waals surface area contributed by atoms with E-state index in [4.69, 9.17) is 5.10 Å². The molecule has 0 aliphatic heterocycles. The molecule has 3 nitrogen and oxygen atoms in total. The Balaban J connectivity index is 2.27. The summed E-state index contributed by atoms with van der Waals surface area (Å²) in [6.07, 6.45) is 4.97. The fourth-order valence-corrected chi connectivity index (χ4v) is 2.52. The van der Waals surface area contributed by atoms with Gasteiger partial charge in [-0.15, -0.1) is 0 Å². The first-order valence-corrected chi connectivity index (χ1v) is 6.86. The lowest BCUT2D eigenvalue weighted by Gasteiger charge is -2.13. The maximum Gasteiger partial charge on any atom is 0.0872 e. The van der Waals surface area contributed by atoms with E-state index in [0.717, 1.165) is 6.42 Å². The fraction of sp³-hybridized carbons (Fsp3) is 0.533. The van der Waals surface area contributed by atoms with Crippen LogP contribution < -0.4 is 5.32 Å². The van der Waals surface area contributed by atoms with Gasteiger partial charge in [-0.25, -0.2) is 0 Å². The predicted octanol–water partition coefficient (Wildman–Crippen LogP) is 3.41. The Morgan fingerprint density at radius 3 is 2.78 bits per heavy atom. The van der Waals surface area contributed by atoms with E-state index in [1.807, 2.05) is 18.8 Å². The number of nitrogens with one attached hydrogen (secondary N) is 1. The smallest absolute Gasteiger partial charge is 0.0872 e. The topological polar surface area (TPSA) is 29.9 Å². The summed E-state index contributed by atoms with van der Waals surface area (Å²) in [6.45, 7) is 2.24. The fourth-order valence-electron chi connectivity index (χ4n) is 2.52. The highest BCUT2D eigenvalue weighted by atomic mass is 15.3. The highest BCUT2D eigenvalue weighted by Crippen LogP contribution is 2.26. The van der Waals surface area contributed by atoms with E-state index in [1.165, 1.54) is 35.9 Å². The predicted molar refractivity (Wildman–Crippen MR) is 76.7 cm³/mol. The zero-order valence-corrected chi connectivity index (χ0v) is 11.6. The second kappa shape index (κ2) is 6.01. The summed E-state index contributed by atoms with van der Waals surface area (Å²) in [6, 6.07) is 8.82. The number of rotatable bonds is 6. The summed E-state index contributed by atoms with van der Waals surface area (Å²) < 4.78 is 1.98. The minimum Gasteiger partial charge on any atom is -0.312 e. The van der Waals surface area contributed by atoms with Gasteiger partial charge in [0.25, 0.3) is 0 Å². The molecule has 1 unspecified atom stereocenters. The van der Waals surface area contributed by atoms with Gasteiger partial charge < -0.3 is 5.32 Å². The van der Waals surface area contributed by atoms with Gasteiger partial charge in [-0.3, -0.25) is 4.68 Å². The van der Waals surface area contributed by atoms with Crippen LogP contribution in [-0.4, -0.2) is 16.8 Å². The van der Waals surface area contributed by atoms with Crippen LogP contribution in [0.5, 0.6) is 0 Å². The van der Waals surface area contributed by atoms with Crippen LogP contribution in [0.4, 0.5) is 0 Å². The van der Waals surface area contributed by atoms with Gasteiger partial charge in [-0.05, 0) is 19.5 Å². The van der Waals surface area contributed by atoms with Crippen LogP contribution >= 0.6 is 0 Å². The number of hydrogen-bond donors (Lipinski definition) is 1. The third-order valence-corrected chi connectivity index (χ3v) is 3.56. The number of benzene rings is 1. The van der Waals surface area contributed by atoms with Crippen LogP contribution in [0.1, 0.15) is 44.3 Å². The molecule has 0 amide bonds. The SMILES string of the molecule is CCCCCC(NC)c1nn(C)c2ccccc12. The molecule has 3 heteroatoms. The van der Waals surface area contributed by atoms with Crippen LogP contribution in [0.2, 0.25) is 0 Å². The van der Waals surface area contributed by atoms with Crippen molar-refractivity contribution >= 4 is 10.9 Å². The quantitative estimate of drug-likeness (QED) is 0.790. The number of para-hydroxylation sites is 1. The molecule has 1 atom stereocenters. The van der Waals surface area contributed by atoms with Gasteiger partial charge >= 0.3 is 0 Å². The van der Waals surface area contributed by atoms with E-state index in [9.17, 15) is 0 Å². The van der Waals surface area contributed by atoms with Crippen LogP contribution in [0.15, 0.2) is 24.3 Å². The molecule has 0 spiro atoms. The molecule has 0 aliphatic rings. The number of aryl methyl sites for hydroxylation is 1. The second-order valence-corrected chi connectivity index (χ2v) is 4.86. The first kappa shape index (κ1) is 13.1. The second-order valence-electron chi connectivity index (χ2n) is 4.86. The molecule has 1 heterocycles. The minimum absolute atomic E-state index is 0.364.